The number of rotatable bonds is 4. The van der Waals surface area contributed by atoms with Crippen LogP contribution in [0.5, 0.6) is 0 Å². The largest absolute Gasteiger partial charge is 0.311 e. The van der Waals surface area contributed by atoms with Gasteiger partial charge in [-0.1, -0.05) is 17.8 Å². The number of carbonyl (C=O) groups is 1. The summed E-state index contributed by atoms with van der Waals surface area (Å²) in [6.45, 7) is 5.02. The van der Waals surface area contributed by atoms with E-state index in [1.807, 2.05) is 9.58 Å². The summed E-state index contributed by atoms with van der Waals surface area (Å²) in [5, 5.41) is 12.6. The fourth-order valence-corrected chi connectivity index (χ4v) is 4.19. The molecule has 7 heteroatoms. The second-order valence-corrected chi connectivity index (χ2v) is 7.60. The number of benzene rings is 1. The predicted molar refractivity (Wildman–Crippen MR) is 93.4 cm³/mol. The Hall–Kier alpha value is -1.89. The third-order valence-corrected chi connectivity index (χ3v) is 5.59. The van der Waals surface area contributed by atoms with Gasteiger partial charge in [0.05, 0.1) is 11.8 Å². The van der Waals surface area contributed by atoms with Gasteiger partial charge in [0.25, 0.3) is 0 Å². The van der Waals surface area contributed by atoms with E-state index in [9.17, 15) is 4.79 Å². The smallest absolute Gasteiger partial charge is 0.237 e. The summed E-state index contributed by atoms with van der Waals surface area (Å²) >= 11 is 1.44. The van der Waals surface area contributed by atoms with Gasteiger partial charge in [0.15, 0.2) is 0 Å². The Labute approximate surface area is 145 Å². The van der Waals surface area contributed by atoms with Crippen molar-refractivity contribution in [1.82, 2.24) is 20.2 Å². The van der Waals surface area contributed by atoms with Crippen molar-refractivity contribution in [1.29, 1.82) is 0 Å². The molecule has 0 N–H and O–H groups in total. The molecule has 1 amide bonds. The molecule has 0 radical (unpaired) electrons. The predicted octanol–water partition coefficient (Wildman–Crippen LogP) is 2.70. The Morgan fingerprint density at radius 2 is 2.17 bits per heavy atom. The molecule has 2 aliphatic rings. The van der Waals surface area contributed by atoms with Gasteiger partial charge in [-0.2, -0.15) is 0 Å². The highest BCUT2D eigenvalue weighted by Gasteiger charge is 2.29. The van der Waals surface area contributed by atoms with Gasteiger partial charge in [0.2, 0.25) is 11.1 Å². The van der Waals surface area contributed by atoms with Crippen molar-refractivity contribution in [2.24, 2.45) is 0 Å². The maximum Gasteiger partial charge on any atom is 0.237 e. The van der Waals surface area contributed by atoms with E-state index in [-0.39, 0.29) is 5.91 Å². The van der Waals surface area contributed by atoms with Gasteiger partial charge >= 0.3 is 0 Å². The van der Waals surface area contributed by atoms with E-state index in [0.717, 1.165) is 43.1 Å². The normalized spacial score (nSPS) is 17.0. The van der Waals surface area contributed by atoms with Gasteiger partial charge in [0, 0.05) is 12.2 Å². The first kappa shape index (κ1) is 15.6. The minimum absolute atomic E-state index is 0.135. The number of aryl methyl sites for hydroxylation is 2. The maximum absolute atomic E-state index is 12.8. The highest BCUT2D eigenvalue weighted by Crippen LogP contribution is 2.37. The van der Waals surface area contributed by atoms with Gasteiger partial charge in [-0.3, -0.25) is 4.79 Å². The number of fused-ring (bicyclic) bond motifs is 1. The topological polar surface area (TPSA) is 63.9 Å². The fourth-order valence-electron chi connectivity index (χ4n) is 3.37. The van der Waals surface area contributed by atoms with Crippen molar-refractivity contribution in [2.45, 2.75) is 50.7 Å². The molecule has 0 spiro atoms. The minimum Gasteiger partial charge on any atom is -0.311 e. The Kier molecular flexibility index (Phi) is 4.04. The average molecular weight is 343 g/mol. The number of anilines is 1. The third-order valence-electron chi connectivity index (χ3n) is 4.67. The molecular weight excluding hydrogens is 322 g/mol. The summed E-state index contributed by atoms with van der Waals surface area (Å²) in [5.74, 6) is 0.510. The molecule has 1 aromatic carbocycles. The Bertz CT molecular complexity index is 783. The summed E-state index contributed by atoms with van der Waals surface area (Å²) in [7, 11) is 0. The highest BCUT2D eigenvalue weighted by molar-refractivity contribution is 7.99. The fraction of sp³-hybridized carbons (Fsp3) is 0.529. The van der Waals surface area contributed by atoms with Crippen LogP contribution in [0, 0.1) is 13.8 Å². The van der Waals surface area contributed by atoms with Crippen LogP contribution in [0.1, 0.15) is 42.0 Å². The van der Waals surface area contributed by atoms with Crippen LogP contribution in [0.4, 0.5) is 5.69 Å². The summed E-state index contributed by atoms with van der Waals surface area (Å²) < 4.78 is 1.86. The molecule has 0 saturated heterocycles. The lowest BCUT2D eigenvalue weighted by Crippen LogP contribution is -2.37. The van der Waals surface area contributed by atoms with Crippen LogP contribution in [0.2, 0.25) is 0 Å². The Balaban J connectivity index is 1.50. The summed E-state index contributed by atoms with van der Waals surface area (Å²) in [6, 6.07) is 4.77. The quantitative estimate of drug-likeness (QED) is 0.799. The molecule has 1 aliphatic carbocycles. The zero-order valence-electron chi connectivity index (χ0n) is 14.0. The van der Waals surface area contributed by atoms with Crippen LogP contribution in [0.15, 0.2) is 17.3 Å². The van der Waals surface area contributed by atoms with E-state index in [1.54, 1.807) is 0 Å². The molecular formula is C17H21N5OS. The van der Waals surface area contributed by atoms with Crippen LogP contribution in [-0.2, 0) is 11.2 Å². The lowest BCUT2D eigenvalue weighted by molar-refractivity contribution is -0.116. The van der Waals surface area contributed by atoms with Crippen LogP contribution >= 0.6 is 11.8 Å². The van der Waals surface area contributed by atoms with Crippen molar-refractivity contribution < 1.29 is 4.79 Å². The number of aromatic nitrogens is 4. The summed E-state index contributed by atoms with van der Waals surface area (Å²) in [5.41, 5.74) is 4.89. The Morgan fingerprint density at radius 3 is 2.96 bits per heavy atom. The number of hydrogen-bond acceptors (Lipinski definition) is 5. The summed E-state index contributed by atoms with van der Waals surface area (Å²) in [6.07, 6.45) is 4.33. The van der Waals surface area contributed by atoms with E-state index in [2.05, 4.69) is 41.5 Å². The van der Waals surface area contributed by atoms with E-state index in [0.29, 0.717) is 11.8 Å². The first-order valence-corrected chi connectivity index (χ1v) is 9.43. The van der Waals surface area contributed by atoms with E-state index < -0.39 is 0 Å². The second kappa shape index (κ2) is 6.20. The lowest BCUT2D eigenvalue weighted by atomic mass is 9.95. The van der Waals surface area contributed by atoms with Crippen molar-refractivity contribution >= 4 is 23.4 Å². The number of carbonyl (C=O) groups excluding carboxylic acids is 1. The Morgan fingerprint density at radius 1 is 1.33 bits per heavy atom. The molecule has 0 atom stereocenters. The van der Waals surface area contributed by atoms with Gasteiger partial charge < -0.3 is 4.90 Å². The molecule has 4 rings (SSSR count). The highest BCUT2D eigenvalue weighted by atomic mass is 32.2. The number of tetrazole rings is 1. The van der Waals surface area contributed by atoms with Gasteiger partial charge in [-0.15, -0.1) is 5.10 Å². The van der Waals surface area contributed by atoms with E-state index >= 15 is 0 Å². The van der Waals surface area contributed by atoms with Gasteiger partial charge in [-0.05, 0) is 72.7 Å². The zero-order valence-corrected chi connectivity index (χ0v) is 14.8. The van der Waals surface area contributed by atoms with Crippen LogP contribution in [0.3, 0.4) is 0 Å². The summed E-state index contributed by atoms with van der Waals surface area (Å²) in [4.78, 5) is 14.7. The van der Waals surface area contributed by atoms with Crippen LogP contribution < -0.4 is 4.90 Å². The molecule has 24 heavy (non-hydrogen) atoms. The minimum atomic E-state index is 0.135. The molecule has 1 saturated carbocycles. The van der Waals surface area contributed by atoms with E-state index in [4.69, 9.17) is 0 Å². The number of hydrogen-bond donors (Lipinski definition) is 0. The molecule has 0 bridgehead atoms. The number of nitrogens with zero attached hydrogens (tertiary/aromatic N) is 5. The monoisotopic (exact) mass is 343 g/mol. The molecule has 6 nitrogen and oxygen atoms in total. The van der Waals surface area contributed by atoms with Crippen molar-refractivity contribution in [3.63, 3.8) is 0 Å². The second-order valence-electron chi connectivity index (χ2n) is 6.65. The van der Waals surface area contributed by atoms with Gasteiger partial charge in [-0.25, -0.2) is 4.68 Å². The first-order valence-electron chi connectivity index (χ1n) is 8.44. The SMILES string of the molecule is Cc1cc(C)c2c(c1)N(C(=O)CSc1nnnn1C1CC1)CCC2. The number of thioether (sulfide) groups is 1. The standard InChI is InChI=1S/C17H21N5OS/c1-11-8-12(2)14-4-3-7-21(15(14)9-11)16(23)10-24-17-18-19-20-22(17)13-5-6-13/h8-9,13H,3-7,10H2,1-2H3. The molecule has 1 aromatic heterocycles. The van der Waals surface area contributed by atoms with Crippen molar-refractivity contribution in [3.05, 3.63) is 28.8 Å². The molecule has 1 fully saturated rings. The average Bonchev–Trinajstić information content (AvgIpc) is 3.30. The van der Waals surface area contributed by atoms with Gasteiger partial charge in [0.1, 0.15) is 0 Å². The molecule has 126 valence electrons. The van der Waals surface area contributed by atoms with Crippen molar-refractivity contribution in [3.8, 4) is 0 Å². The zero-order chi connectivity index (χ0) is 16.7. The molecule has 2 heterocycles. The third kappa shape index (κ3) is 2.92. The van der Waals surface area contributed by atoms with E-state index in [1.165, 1.54) is 28.5 Å². The van der Waals surface area contributed by atoms with Crippen LogP contribution in [0.25, 0.3) is 0 Å². The molecule has 2 aromatic rings. The number of amides is 1. The van der Waals surface area contributed by atoms with Crippen molar-refractivity contribution in [2.75, 3.05) is 17.2 Å². The molecule has 1 aliphatic heterocycles. The molecule has 0 unspecified atom stereocenters. The first-order chi connectivity index (χ1) is 11.6. The van der Waals surface area contributed by atoms with Crippen LogP contribution in [-0.4, -0.2) is 38.4 Å². The lowest BCUT2D eigenvalue weighted by Gasteiger charge is -2.31. The maximum atomic E-state index is 12.8.